The highest BCUT2D eigenvalue weighted by atomic mass is 32.2. The molecule has 0 N–H and O–H groups in total. The molecule has 0 radical (unpaired) electrons. The Morgan fingerprint density at radius 2 is 2.21 bits per heavy atom. The van der Waals surface area contributed by atoms with E-state index in [0.29, 0.717) is 21.4 Å². The van der Waals surface area contributed by atoms with Crippen LogP contribution >= 0.6 is 24.0 Å². The van der Waals surface area contributed by atoms with Crippen molar-refractivity contribution in [2.45, 2.75) is 12.5 Å². The maximum Gasteiger partial charge on any atom is 0.266 e. The van der Waals surface area contributed by atoms with E-state index in [1.807, 2.05) is 12.1 Å². The number of likely N-dealkylation sites (N-methyl/N-ethyl adjacent to an activating group) is 1. The first kappa shape index (κ1) is 20.8. The second-order valence-electron chi connectivity index (χ2n) is 6.61. The summed E-state index contributed by atoms with van der Waals surface area (Å²) in [5.74, 6) is 0.0513. The number of hydrogen-bond acceptors (Lipinski definition) is 7. The summed E-state index contributed by atoms with van der Waals surface area (Å²) in [5, 5.41) is 0. The summed E-state index contributed by atoms with van der Waals surface area (Å²) < 4.78 is 28.8. The molecule has 2 fully saturated rings. The highest BCUT2D eigenvalue weighted by Crippen LogP contribution is 2.33. The number of carbonyl (C=O) groups excluding carboxylic acids is 2. The summed E-state index contributed by atoms with van der Waals surface area (Å²) in [6, 6.07) is 6.91. The largest absolute Gasteiger partial charge is 0.497 e. The Kier molecular flexibility index (Phi) is 6.11. The average Bonchev–Trinajstić information content (AvgIpc) is 3.15. The number of rotatable bonds is 5. The third kappa shape index (κ3) is 4.56. The van der Waals surface area contributed by atoms with Crippen molar-refractivity contribution in [3.05, 3.63) is 34.7 Å². The number of sulfone groups is 1. The van der Waals surface area contributed by atoms with E-state index in [0.717, 1.165) is 17.3 Å². The maximum absolute atomic E-state index is 12.7. The highest BCUT2D eigenvalue weighted by molar-refractivity contribution is 8.26. The Hall–Kier alpha value is -1.91. The minimum atomic E-state index is -3.10. The molecular formula is C18H20N2O5S3. The van der Waals surface area contributed by atoms with E-state index >= 15 is 0 Å². The molecule has 2 amide bonds. The first-order valence-electron chi connectivity index (χ1n) is 8.55. The van der Waals surface area contributed by atoms with Gasteiger partial charge in [0, 0.05) is 13.1 Å². The lowest BCUT2D eigenvalue weighted by molar-refractivity contribution is -0.135. The van der Waals surface area contributed by atoms with Gasteiger partial charge < -0.3 is 9.64 Å². The van der Waals surface area contributed by atoms with Gasteiger partial charge >= 0.3 is 0 Å². The molecule has 2 aliphatic rings. The second kappa shape index (κ2) is 8.22. The molecule has 1 aromatic carbocycles. The lowest BCUT2D eigenvalue weighted by Crippen LogP contribution is -2.45. The molecule has 0 saturated carbocycles. The minimum Gasteiger partial charge on any atom is -0.497 e. The molecule has 2 heterocycles. The van der Waals surface area contributed by atoms with Gasteiger partial charge in [0.15, 0.2) is 9.84 Å². The summed E-state index contributed by atoms with van der Waals surface area (Å²) in [6.07, 6.45) is 2.12. The van der Waals surface area contributed by atoms with Crippen molar-refractivity contribution in [2.24, 2.45) is 0 Å². The van der Waals surface area contributed by atoms with Crippen LogP contribution in [0.2, 0.25) is 0 Å². The normalized spacial score (nSPS) is 22.7. The van der Waals surface area contributed by atoms with Gasteiger partial charge in [0.2, 0.25) is 5.91 Å². The van der Waals surface area contributed by atoms with Gasteiger partial charge in [-0.05, 0) is 30.2 Å². The molecule has 0 spiro atoms. The van der Waals surface area contributed by atoms with Crippen LogP contribution in [0.3, 0.4) is 0 Å². The molecule has 0 bridgehead atoms. The van der Waals surface area contributed by atoms with Crippen LogP contribution in [0.15, 0.2) is 29.2 Å². The number of thiocarbonyl (C=S) groups is 1. The van der Waals surface area contributed by atoms with Gasteiger partial charge in [-0.2, -0.15) is 0 Å². The third-order valence-electron chi connectivity index (χ3n) is 4.71. The van der Waals surface area contributed by atoms with Crippen LogP contribution < -0.4 is 4.74 Å². The Morgan fingerprint density at radius 1 is 1.46 bits per heavy atom. The number of methoxy groups -OCH3 is 1. The first-order chi connectivity index (χ1) is 13.2. The van der Waals surface area contributed by atoms with Gasteiger partial charge in [-0.15, -0.1) is 0 Å². The molecule has 28 heavy (non-hydrogen) atoms. The van der Waals surface area contributed by atoms with E-state index in [2.05, 4.69) is 0 Å². The Labute approximate surface area is 173 Å². The summed E-state index contributed by atoms with van der Waals surface area (Å²) in [6.45, 7) is -0.201. The van der Waals surface area contributed by atoms with Crippen molar-refractivity contribution in [2.75, 3.05) is 32.2 Å². The minimum absolute atomic E-state index is 0.0383. The maximum atomic E-state index is 12.7. The first-order valence-corrected chi connectivity index (χ1v) is 11.6. The third-order valence-corrected chi connectivity index (χ3v) is 7.84. The molecule has 0 aromatic heterocycles. The number of hydrogen-bond donors (Lipinski definition) is 0. The Bertz CT molecular complexity index is 958. The number of ether oxygens (including phenoxy) is 1. The smallest absolute Gasteiger partial charge is 0.266 e. The predicted molar refractivity (Wildman–Crippen MR) is 113 cm³/mol. The topological polar surface area (TPSA) is 84.0 Å². The molecule has 1 atom stereocenters. The van der Waals surface area contributed by atoms with E-state index in [1.165, 1.54) is 9.80 Å². The standard InChI is InChI=1S/C18H20N2O5S3/c1-19(13-6-7-28(23,24)11-13)16(21)10-20-17(22)15(27-18(20)26)9-12-4-3-5-14(8-12)25-2/h3-5,8-9,13H,6-7,10-11H2,1-2H3/b15-9+/t13-/m0/s1. The zero-order valence-electron chi connectivity index (χ0n) is 15.5. The molecule has 10 heteroatoms. The van der Waals surface area contributed by atoms with Crippen LogP contribution in [0.5, 0.6) is 5.75 Å². The zero-order chi connectivity index (χ0) is 20.5. The lowest BCUT2D eigenvalue weighted by Gasteiger charge is -2.25. The lowest BCUT2D eigenvalue weighted by atomic mass is 10.2. The molecule has 3 rings (SSSR count). The number of nitrogens with zero attached hydrogens (tertiary/aromatic N) is 2. The Balaban J connectivity index is 1.69. The number of thioether (sulfide) groups is 1. The predicted octanol–water partition coefficient (Wildman–Crippen LogP) is 1.54. The highest BCUT2D eigenvalue weighted by Gasteiger charge is 2.37. The SMILES string of the molecule is COc1cccc(/C=C2/SC(=S)N(CC(=O)N(C)[C@H]3CCS(=O)(=O)C3)C2=O)c1. The fraction of sp³-hybridized carbons (Fsp3) is 0.389. The average molecular weight is 441 g/mol. The van der Waals surface area contributed by atoms with Crippen molar-refractivity contribution in [3.63, 3.8) is 0 Å². The molecule has 1 aromatic rings. The van der Waals surface area contributed by atoms with Crippen LogP contribution in [0, 0.1) is 0 Å². The monoisotopic (exact) mass is 440 g/mol. The van der Waals surface area contributed by atoms with Crippen LogP contribution in [0.4, 0.5) is 0 Å². The fourth-order valence-electron chi connectivity index (χ4n) is 3.05. The van der Waals surface area contributed by atoms with Crippen LogP contribution in [-0.2, 0) is 19.4 Å². The van der Waals surface area contributed by atoms with E-state index < -0.39 is 9.84 Å². The van der Waals surface area contributed by atoms with Crippen molar-refractivity contribution in [1.82, 2.24) is 9.80 Å². The molecule has 7 nitrogen and oxygen atoms in total. The van der Waals surface area contributed by atoms with E-state index in [4.69, 9.17) is 17.0 Å². The van der Waals surface area contributed by atoms with E-state index in [1.54, 1.807) is 32.4 Å². The van der Waals surface area contributed by atoms with Crippen LogP contribution in [0.25, 0.3) is 6.08 Å². The number of benzene rings is 1. The van der Waals surface area contributed by atoms with Gasteiger partial charge in [-0.25, -0.2) is 8.42 Å². The summed E-state index contributed by atoms with van der Waals surface area (Å²) >= 11 is 6.41. The van der Waals surface area contributed by atoms with Gasteiger partial charge in [0.1, 0.15) is 16.6 Å². The van der Waals surface area contributed by atoms with Crippen LogP contribution in [-0.4, -0.2) is 72.6 Å². The molecular weight excluding hydrogens is 420 g/mol. The molecule has 2 aliphatic heterocycles. The second-order valence-corrected chi connectivity index (χ2v) is 10.5. The van der Waals surface area contributed by atoms with Crippen molar-refractivity contribution >= 4 is 56.0 Å². The fourth-order valence-corrected chi connectivity index (χ4v) is 6.08. The van der Waals surface area contributed by atoms with Gasteiger partial charge in [0.25, 0.3) is 5.91 Å². The number of amides is 2. The summed E-state index contributed by atoms with van der Waals surface area (Å²) in [5.41, 5.74) is 0.791. The zero-order valence-corrected chi connectivity index (χ0v) is 17.9. The van der Waals surface area contributed by atoms with E-state index in [-0.39, 0.29) is 35.9 Å². The van der Waals surface area contributed by atoms with E-state index in [9.17, 15) is 18.0 Å². The molecule has 2 saturated heterocycles. The summed E-state index contributed by atoms with van der Waals surface area (Å²) in [4.78, 5) is 28.4. The summed E-state index contributed by atoms with van der Waals surface area (Å²) in [7, 11) is 0.0372. The molecule has 150 valence electrons. The van der Waals surface area contributed by atoms with Crippen molar-refractivity contribution in [3.8, 4) is 5.75 Å². The van der Waals surface area contributed by atoms with Crippen molar-refractivity contribution in [1.29, 1.82) is 0 Å². The van der Waals surface area contributed by atoms with Gasteiger partial charge in [-0.1, -0.05) is 36.1 Å². The molecule has 0 unspecified atom stereocenters. The Morgan fingerprint density at radius 3 is 2.86 bits per heavy atom. The van der Waals surface area contributed by atoms with Crippen LogP contribution in [0.1, 0.15) is 12.0 Å². The molecule has 0 aliphatic carbocycles. The van der Waals surface area contributed by atoms with Gasteiger partial charge in [0.05, 0.1) is 23.5 Å². The number of carbonyl (C=O) groups is 2. The quantitative estimate of drug-likeness (QED) is 0.507. The van der Waals surface area contributed by atoms with Crippen molar-refractivity contribution < 1.29 is 22.7 Å². The van der Waals surface area contributed by atoms with Gasteiger partial charge in [-0.3, -0.25) is 14.5 Å².